The van der Waals surface area contributed by atoms with E-state index >= 15 is 0 Å². The number of pyridine rings is 1. The quantitative estimate of drug-likeness (QED) is 0.742. The van der Waals surface area contributed by atoms with E-state index in [2.05, 4.69) is 10.1 Å². The van der Waals surface area contributed by atoms with Gasteiger partial charge in [-0.25, -0.2) is 9.67 Å². The van der Waals surface area contributed by atoms with Crippen LogP contribution in [0, 0.1) is 6.92 Å². The molecule has 6 nitrogen and oxygen atoms in total. The van der Waals surface area contributed by atoms with Crippen molar-refractivity contribution in [1.82, 2.24) is 19.7 Å². The number of hydrogen-bond donors (Lipinski definition) is 0. The van der Waals surface area contributed by atoms with Gasteiger partial charge in [-0.3, -0.25) is 4.79 Å². The van der Waals surface area contributed by atoms with Crippen LogP contribution in [0.4, 0.5) is 0 Å². The Hall–Kier alpha value is -2.89. The molecule has 0 saturated carbocycles. The highest BCUT2D eigenvalue weighted by atomic mass is 16.3. The van der Waals surface area contributed by atoms with Crippen LogP contribution in [-0.2, 0) is 6.54 Å². The molecule has 0 aromatic carbocycles. The Balaban J connectivity index is 1.86. The number of amides is 1. The average Bonchev–Trinajstić information content (AvgIpc) is 3.18. The Morgan fingerprint density at radius 3 is 2.82 bits per heavy atom. The molecule has 3 aromatic heterocycles. The van der Waals surface area contributed by atoms with Crippen molar-refractivity contribution in [2.45, 2.75) is 13.5 Å². The number of rotatable bonds is 4. The van der Waals surface area contributed by atoms with Gasteiger partial charge in [0.05, 0.1) is 12.1 Å². The molecule has 3 aromatic rings. The molecule has 3 heterocycles. The number of carbonyl (C=O) groups excluding carboxylic acids is 1. The molecule has 0 unspecified atom stereocenters. The number of carbonyl (C=O) groups is 1. The summed E-state index contributed by atoms with van der Waals surface area (Å²) in [4.78, 5) is 18.5. The first kappa shape index (κ1) is 14.1. The van der Waals surface area contributed by atoms with E-state index in [4.69, 9.17) is 4.42 Å². The lowest BCUT2D eigenvalue weighted by Crippen LogP contribution is -2.27. The second-order valence-corrected chi connectivity index (χ2v) is 5.00. The summed E-state index contributed by atoms with van der Waals surface area (Å²) < 4.78 is 7.10. The maximum Gasteiger partial charge on any atom is 0.257 e. The molecule has 1 amide bonds. The number of furan rings is 1. The van der Waals surface area contributed by atoms with Crippen LogP contribution in [0.5, 0.6) is 0 Å². The molecule has 112 valence electrons. The van der Waals surface area contributed by atoms with Gasteiger partial charge in [-0.2, -0.15) is 5.10 Å². The molecule has 0 bridgehead atoms. The molecule has 0 aliphatic carbocycles. The van der Waals surface area contributed by atoms with Gasteiger partial charge in [0.2, 0.25) is 0 Å². The minimum atomic E-state index is -0.132. The molecule has 0 saturated heterocycles. The number of aryl methyl sites for hydroxylation is 1. The first-order chi connectivity index (χ1) is 10.6. The van der Waals surface area contributed by atoms with Gasteiger partial charge in [0.1, 0.15) is 11.5 Å². The summed E-state index contributed by atoms with van der Waals surface area (Å²) in [5.74, 6) is 1.96. The van der Waals surface area contributed by atoms with Crippen molar-refractivity contribution in [2.24, 2.45) is 0 Å². The summed E-state index contributed by atoms with van der Waals surface area (Å²) in [5, 5.41) is 4.14. The van der Waals surface area contributed by atoms with E-state index < -0.39 is 0 Å². The van der Waals surface area contributed by atoms with Gasteiger partial charge in [0.25, 0.3) is 5.91 Å². The lowest BCUT2D eigenvalue weighted by atomic mass is 10.2. The van der Waals surface area contributed by atoms with E-state index in [-0.39, 0.29) is 5.91 Å². The fraction of sp³-hybridized carbons (Fsp3) is 0.188. The minimum absolute atomic E-state index is 0.132. The fourth-order valence-corrected chi connectivity index (χ4v) is 2.22. The number of nitrogens with zero attached hydrogens (tertiary/aromatic N) is 4. The standard InChI is InChI=1S/C16H16N4O2/c1-12-6-7-13(22-12)11-19(2)16(21)14-5-3-8-17-15(14)20-10-4-9-18-20/h3-10H,11H2,1-2H3. The molecule has 3 rings (SSSR count). The van der Waals surface area contributed by atoms with Crippen LogP contribution in [0.15, 0.2) is 53.3 Å². The molecule has 22 heavy (non-hydrogen) atoms. The summed E-state index contributed by atoms with van der Waals surface area (Å²) >= 11 is 0. The smallest absolute Gasteiger partial charge is 0.257 e. The highest BCUT2D eigenvalue weighted by Gasteiger charge is 2.18. The lowest BCUT2D eigenvalue weighted by molar-refractivity contribution is 0.0774. The fourth-order valence-electron chi connectivity index (χ4n) is 2.22. The van der Waals surface area contributed by atoms with E-state index in [0.29, 0.717) is 17.9 Å². The van der Waals surface area contributed by atoms with Crippen LogP contribution in [0.3, 0.4) is 0 Å². The van der Waals surface area contributed by atoms with Crippen molar-refractivity contribution >= 4 is 5.91 Å². The average molecular weight is 296 g/mol. The second kappa shape index (κ2) is 5.85. The Kier molecular flexibility index (Phi) is 3.74. The predicted molar refractivity (Wildman–Crippen MR) is 80.6 cm³/mol. The minimum Gasteiger partial charge on any atom is -0.464 e. The molecule has 0 aliphatic rings. The van der Waals surface area contributed by atoms with Crippen LogP contribution in [0.25, 0.3) is 5.82 Å². The highest BCUT2D eigenvalue weighted by molar-refractivity contribution is 5.96. The zero-order valence-corrected chi connectivity index (χ0v) is 12.4. The summed E-state index contributed by atoms with van der Waals surface area (Å²) in [6.45, 7) is 2.28. The van der Waals surface area contributed by atoms with E-state index in [1.165, 1.54) is 0 Å². The molecule has 0 N–H and O–H groups in total. The van der Waals surface area contributed by atoms with Gasteiger partial charge in [-0.05, 0) is 37.3 Å². The highest BCUT2D eigenvalue weighted by Crippen LogP contribution is 2.15. The SMILES string of the molecule is Cc1ccc(CN(C)C(=O)c2cccnc2-n2cccn2)o1. The van der Waals surface area contributed by atoms with Gasteiger partial charge in [-0.1, -0.05) is 0 Å². The summed E-state index contributed by atoms with van der Waals surface area (Å²) in [5.41, 5.74) is 0.497. The maximum atomic E-state index is 12.7. The van der Waals surface area contributed by atoms with Gasteiger partial charge in [0, 0.05) is 25.6 Å². The van der Waals surface area contributed by atoms with Gasteiger partial charge in [-0.15, -0.1) is 0 Å². The van der Waals surface area contributed by atoms with E-state index in [1.807, 2.05) is 19.1 Å². The van der Waals surface area contributed by atoms with E-state index in [0.717, 1.165) is 11.5 Å². The zero-order chi connectivity index (χ0) is 15.5. The van der Waals surface area contributed by atoms with Gasteiger partial charge in [0.15, 0.2) is 5.82 Å². The second-order valence-electron chi connectivity index (χ2n) is 5.00. The summed E-state index contributed by atoms with van der Waals surface area (Å²) in [6.07, 6.45) is 5.05. The van der Waals surface area contributed by atoms with Crippen molar-refractivity contribution in [1.29, 1.82) is 0 Å². The first-order valence-electron chi connectivity index (χ1n) is 6.91. The van der Waals surface area contributed by atoms with Crippen molar-refractivity contribution in [3.05, 3.63) is 66.0 Å². The lowest BCUT2D eigenvalue weighted by Gasteiger charge is -2.17. The topological polar surface area (TPSA) is 64.2 Å². The van der Waals surface area contributed by atoms with Gasteiger partial charge < -0.3 is 9.32 Å². The molecule has 0 fully saturated rings. The molecular formula is C16H16N4O2. The first-order valence-corrected chi connectivity index (χ1v) is 6.91. The monoisotopic (exact) mass is 296 g/mol. The van der Waals surface area contributed by atoms with Crippen molar-refractivity contribution in [2.75, 3.05) is 7.05 Å². The molecule has 0 aliphatic heterocycles. The number of aromatic nitrogens is 3. The van der Waals surface area contributed by atoms with Crippen LogP contribution in [0.2, 0.25) is 0 Å². The van der Waals surface area contributed by atoms with Crippen LogP contribution >= 0.6 is 0 Å². The third-order valence-electron chi connectivity index (χ3n) is 3.27. The predicted octanol–water partition coefficient (Wildman–Crippen LogP) is 2.44. The molecule has 0 radical (unpaired) electrons. The third-order valence-corrected chi connectivity index (χ3v) is 3.27. The molecule has 0 atom stereocenters. The number of hydrogen-bond acceptors (Lipinski definition) is 4. The Bertz CT molecular complexity index is 777. The maximum absolute atomic E-state index is 12.7. The zero-order valence-electron chi connectivity index (χ0n) is 12.4. The van der Waals surface area contributed by atoms with Crippen LogP contribution < -0.4 is 0 Å². The van der Waals surface area contributed by atoms with Crippen LogP contribution in [-0.4, -0.2) is 32.6 Å². The largest absolute Gasteiger partial charge is 0.464 e. The van der Waals surface area contributed by atoms with Crippen LogP contribution in [0.1, 0.15) is 21.9 Å². The van der Waals surface area contributed by atoms with Crippen molar-refractivity contribution in [3.8, 4) is 5.82 Å². The van der Waals surface area contributed by atoms with E-state index in [9.17, 15) is 4.79 Å². The Morgan fingerprint density at radius 2 is 2.14 bits per heavy atom. The summed E-state index contributed by atoms with van der Waals surface area (Å²) in [6, 6.07) is 9.03. The normalized spacial score (nSPS) is 10.6. The Morgan fingerprint density at radius 1 is 1.27 bits per heavy atom. The summed E-state index contributed by atoms with van der Waals surface area (Å²) in [7, 11) is 1.74. The Labute approximate surface area is 128 Å². The molecule has 6 heteroatoms. The van der Waals surface area contributed by atoms with Crippen molar-refractivity contribution in [3.63, 3.8) is 0 Å². The molecular weight excluding hydrogens is 280 g/mol. The van der Waals surface area contributed by atoms with Gasteiger partial charge >= 0.3 is 0 Å². The third kappa shape index (κ3) is 2.76. The van der Waals surface area contributed by atoms with Crippen molar-refractivity contribution < 1.29 is 9.21 Å². The van der Waals surface area contributed by atoms with E-state index in [1.54, 1.807) is 53.4 Å². The molecule has 0 spiro atoms.